The summed E-state index contributed by atoms with van der Waals surface area (Å²) in [4.78, 5) is 15.4. The number of phenolic OH excluding ortho intramolecular Hbond substituents is 1. The van der Waals surface area contributed by atoms with Crippen molar-refractivity contribution in [2.45, 2.75) is 19.5 Å². The van der Waals surface area contributed by atoms with Gasteiger partial charge in [0, 0.05) is 17.7 Å². The molecule has 7 heteroatoms. The average Bonchev–Trinajstić information content (AvgIpc) is 3.40. The number of methoxy groups -OCH3 is 2. The van der Waals surface area contributed by atoms with Crippen LogP contribution < -0.4 is 9.47 Å². The van der Waals surface area contributed by atoms with Crippen molar-refractivity contribution in [3.05, 3.63) is 94.7 Å². The quantitative estimate of drug-likeness (QED) is 0.434. The van der Waals surface area contributed by atoms with Gasteiger partial charge in [-0.05, 0) is 30.2 Å². The topological polar surface area (TPSA) is 87.7 Å². The minimum atomic E-state index is -0.457. The molecule has 1 unspecified atom stereocenters. The highest BCUT2D eigenvalue weighted by Gasteiger charge is 2.42. The van der Waals surface area contributed by atoms with Crippen LogP contribution in [0.4, 0.5) is 0 Å². The molecular weight excluding hydrogens is 430 g/mol. The third-order valence-corrected chi connectivity index (χ3v) is 6.20. The number of carbonyl (C=O) groups is 1. The fourth-order valence-corrected chi connectivity index (χ4v) is 4.49. The smallest absolute Gasteiger partial charge is 0.273 e. The summed E-state index contributed by atoms with van der Waals surface area (Å²) < 4.78 is 10.8. The zero-order valence-electron chi connectivity index (χ0n) is 19.2. The van der Waals surface area contributed by atoms with E-state index in [0.717, 1.165) is 33.5 Å². The molecule has 5 rings (SSSR count). The summed E-state index contributed by atoms with van der Waals surface area (Å²) in [5.41, 5.74) is 5.79. The summed E-state index contributed by atoms with van der Waals surface area (Å²) in [5.74, 6) is 0.324. The molecule has 7 nitrogen and oxygen atoms in total. The molecule has 2 N–H and O–H groups in total. The Morgan fingerprint density at radius 2 is 1.65 bits per heavy atom. The first-order chi connectivity index (χ1) is 16.5. The maximum Gasteiger partial charge on any atom is 0.273 e. The summed E-state index contributed by atoms with van der Waals surface area (Å²) in [7, 11) is 2.97. The van der Waals surface area contributed by atoms with Crippen molar-refractivity contribution in [3.8, 4) is 28.5 Å². The number of rotatable bonds is 6. The van der Waals surface area contributed by atoms with Crippen molar-refractivity contribution in [1.29, 1.82) is 0 Å². The van der Waals surface area contributed by atoms with Gasteiger partial charge in [-0.3, -0.25) is 9.89 Å². The van der Waals surface area contributed by atoms with E-state index < -0.39 is 6.04 Å². The van der Waals surface area contributed by atoms with Gasteiger partial charge in [-0.2, -0.15) is 5.10 Å². The first-order valence-corrected chi connectivity index (χ1v) is 11.0. The summed E-state index contributed by atoms with van der Waals surface area (Å²) >= 11 is 0. The van der Waals surface area contributed by atoms with Crippen molar-refractivity contribution >= 4 is 5.91 Å². The maximum atomic E-state index is 13.6. The van der Waals surface area contributed by atoms with Crippen LogP contribution in [0, 0.1) is 6.92 Å². The van der Waals surface area contributed by atoms with Crippen LogP contribution in [0.3, 0.4) is 0 Å². The lowest BCUT2D eigenvalue weighted by molar-refractivity contribution is 0.0729. The van der Waals surface area contributed by atoms with E-state index in [1.165, 1.54) is 14.2 Å². The molecule has 0 saturated heterocycles. The Morgan fingerprint density at radius 1 is 1.00 bits per heavy atom. The van der Waals surface area contributed by atoms with E-state index in [0.29, 0.717) is 12.2 Å². The van der Waals surface area contributed by atoms with Crippen LogP contribution in [0.2, 0.25) is 0 Å². The summed E-state index contributed by atoms with van der Waals surface area (Å²) in [6, 6.07) is 20.9. The molecule has 0 saturated carbocycles. The summed E-state index contributed by atoms with van der Waals surface area (Å²) in [5, 5.41) is 18.0. The number of amides is 1. The number of benzene rings is 3. The van der Waals surface area contributed by atoms with E-state index in [1.54, 1.807) is 17.0 Å². The number of H-pyrrole nitrogens is 1. The molecule has 1 aromatic heterocycles. The zero-order chi connectivity index (χ0) is 23.8. The Kier molecular flexibility index (Phi) is 5.45. The summed E-state index contributed by atoms with van der Waals surface area (Å²) in [6.07, 6.45) is 0. The van der Waals surface area contributed by atoms with Crippen LogP contribution >= 0.6 is 0 Å². The van der Waals surface area contributed by atoms with Crippen molar-refractivity contribution in [2.24, 2.45) is 0 Å². The number of aromatic hydroxyl groups is 1. The fraction of sp³-hybridized carbons (Fsp3) is 0.185. The third kappa shape index (κ3) is 3.55. The Balaban J connectivity index is 1.70. The molecule has 1 aliphatic heterocycles. The number of aromatic amines is 1. The molecule has 3 aromatic carbocycles. The normalized spacial score (nSPS) is 14.9. The van der Waals surface area contributed by atoms with Gasteiger partial charge in [0.25, 0.3) is 5.91 Å². The van der Waals surface area contributed by atoms with Crippen LogP contribution in [0.25, 0.3) is 11.3 Å². The zero-order valence-corrected chi connectivity index (χ0v) is 19.2. The highest BCUT2D eigenvalue weighted by molar-refractivity contribution is 6.00. The monoisotopic (exact) mass is 455 g/mol. The number of nitrogens with zero attached hydrogens (tertiary/aromatic N) is 2. The number of hydrogen-bond acceptors (Lipinski definition) is 5. The van der Waals surface area contributed by atoms with Crippen LogP contribution in [0.15, 0.2) is 66.7 Å². The minimum Gasteiger partial charge on any atom is -0.502 e. The second kappa shape index (κ2) is 8.59. The van der Waals surface area contributed by atoms with Gasteiger partial charge >= 0.3 is 0 Å². The van der Waals surface area contributed by atoms with Gasteiger partial charge in [0.05, 0.1) is 26.0 Å². The number of phenols is 1. The lowest BCUT2D eigenvalue weighted by Crippen LogP contribution is -2.29. The fourth-order valence-electron chi connectivity index (χ4n) is 4.49. The van der Waals surface area contributed by atoms with Gasteiger partial charge in [0.1, 0.15) is 5.69 Å². The van der Waals surface area contributed by atoms with E-state index >= 15 is 0 Å². The van der Waals surface area contributed by atoms with Crippen LogP contribution in [-0.2, 0) is 6.54 Å². The molecule has 2 heterocycles. The molecule has 34 heavy (non-hydrogen) atoms. The predicted molar refractivity (Wildman–Crippen MR) is 128 cm³/mol. The molecule has 0 spiro atoms. The largest absolute Gasteiger partial charge is 0.502 e. The second-order valence-electron chi connectivity index (χ2n) is 8.32. The van der Waals surface area contributed by atoms with Crippen molar-refractivity contribution < 1.29 is 19.4 Å². The standard InChI is InChI=1S/C27H25N3O4/c1-16-9-11-18(12-10-16)23-22-24(29-28-23)27(32)30(15-17-7-5-4-6-8-17)25(22)19-13-20(33-2)26(31)21(14-19)34-3/h4-14,25,31H,15H2,1-3H3,(H,28,29). The first-order valence-electron chi connectivity index (χ1n) is 11.0. The van der Waals surface area contributed by atoms with Crippen molar-refractivity contribution in [3.63, 3.8) is 0 Å². The Bertz CT molecular complexity index is 1320. The van der Waals surface area contributed by atoms with Crippen molar-refractivity contribution in [2.75, 3.05) is 14.2 Å². The van der Waals surface area contributed by atoms with Crippen molar-refractivity contribution in [1.82, 2.24) is 15.1 Å². The van der Waals surface area contributed by atoms with Gasteiger partial charge in [0.15, 0.2) is 11.5 Å². The number of fused-ring (bicyclic) bond motifs is 1. The average molecular weight is 456 g/mol. The van der Waals surface area contributed by atoms with Gasteiger partial charge < -0.3 is 19.5 Å². The van der Waals surface area contributed by atoms with Gasteiger partial charge in [-0.1, -0.05) is 60.2 Å². The van der Waals surface area contributed by atoms with E-state index in [9.17, 15) is 9.90 Å². The number of nitrogens with one attached hydrogen (secondary N) is 1. The van der Waals surface area contributed by atoms with E-state index in [1.807, 2.05) is 61.5 Å². The van der Waals surface area contributed by atoms with Gasteiger partial charge in [-0.15, -0.1) is 0 Å². The molecule has 0 fully saturated rings. The number of aryl methyl sites for hydroxylation is 1. The van der Waals surface area contributed by atoms with Gasteiger partial charge in [0.2, 0.25) is 5.75 Å². The first kappa shape index (κ1) is 21.6. The molecule has 0 bridgehead atoms. The molecule has 1 atom stereocenters. The van der Waals surface area contributed by atoms with E-state index in [-0.39, 0.29) is 23.2 Å². The second-order valence-corrected chi connectivity index (χ2v) is 8.32. The molecule has 0 radical (unpaired) electrons. The molecule has 0 aliphatic carbocycles. The Morgan fingerprint density at radius 3 is 2.26 bits per heavy atom. The van der Waals surface area contributed by atoms with Crippen LogP contribution in [0.5, 0.6) is 17.2 Å². The lowest BCUT2D eigenvalue weighted by Gasteiger charge is -2.27. The minimum absolute atomic E-state index is 0.0844. The van der Waals surface area contributed by atoms with Crippen LogP contribution in [-0.4, -0.2) is 40.3 Å². The van der Waals surface area contributed by atoms with Crippen LogP contribution in [0.1, 0.15) is 38.8 Å². The third-order valence-electron chi connectivity index (χ3n) is 6.20. The maximum absolute atomic E-state index is 13.6. The van der Waals surface area contributed by atoms with Gasteiger partial charge in [-0.25, -0.2) is 0 Å². The van der Waals surface area contributed by atoms with E-state index in [2.05, 4.69) is 10.2 Å². The predicted octanol–water partition coefficient (Wildman–Crippen LogP) is 4.85. The molecule has 1 aliphatic rings. The Labute approximate surface area is 197 Å². The molecule has 172 valence electrons. The number of carbonyl (C=O) groups excluding carboxylic acids is 1. The summed E-state index contributed by atoms with van der Waals surface area (Å²) in [6.45, 7) is 2.44. The highest BCUT2D eigenvalue weighted by atomic mass is 16.5. The lowest BCUT2D eigenvalue weighted by atomic mass is 9.95. The molecular formula is C27H25N3O4. The Hall–Kier alpha value is -4.26. The molecule has 1 amide bonds. The highest BCUT2D eigenvalue weighted by Crippen LogP contribution is 2.47. The number of aromatic nitrogens is 2. The number of hydrogen-bond donors (Lipinski definition) is 2. The number of ether oxygens (including phenoxy) is 2. The van der Waals surface area contributed by atoms with E-state index in [4.69, 9.17) is 9.47 Å². The molecule has 4 aromatic rings. The SMILES string of the molecule is COc1cc(C2c3c(-c4ccc(C)cc4)n[nH]c3C(=O)N2Cc2ccccc2)cc(OC)c1O.